The Kier molecular flexibility index (Phi) is 3.93. The first-order chi connectivity index (χ1) is 9.00. The SMILES string of the molecule is CC(C)Cc1nn(C(C)C)c(-c2ccccc2)c1O. The number of rotatable bonds is 4. The Bertz CT molecular complexity index is 541. The van der Waals surface area contributed by atoms with E-state index in [-0.39, 0.29) is 6.04 Å². The van der Waals surface area contributed by atoms with Gasteiger partial charge in [-0.1, -0.05) is 44.2 Å². The molecule has 0 saturated carbocycles. The molecule has 1 aromatic carbocycles. The molecule has 0 aliphatic heterocycles. The predicted octanol–water partition coefficient (Wildman–Crippen LogP) is 4.04. The summed E-state index contributed by atoms with van der Waals surface area (Å²) >= 11 is 0. The van der Waals surface area contributed by atoms with Crippen LogP contribution in [0, 0.1) is 5.92 Å². The Labute approximate surface area is 114 Å². The molecule has 3 heteroatoms. The quantitative estimate of drug-likeness (QED) is 0.899. The summed E-state index contributed by atoms with van der Waals surface area (Å²) in [4.78, 5) is 0. The minimum Gasteiger partial charge on any atom is -0.504 e. The van der Waals surface area contributed by atoms with Crippen molar-refractivity contribution in [3.05, 3.63) is 36.0 Å². The molecule has 102 valence electrons. The molecule has 0 atom stereocenters. The lowest BCUT2D eigenvalue weighted by Gasteiger charge is -2.10. The van der Waals surface area contributed by atoms with Crippen molar-refractivity contribution in [2.24, 2.45) is 5.92 Å². The van der Waals surface area contributed by atoms with E-state index in [1.807, 2.05) is 35.0 Å². The number of aromatic nitrogens is 2. The average molecular weight is 258 g/mol. The van der Waals surface area contributed by atoms with Crippen molar-refractivity contribution in [3.63, 3.8) is 0 Å². The van der Waals surface area contributed by atoms with E-state index in [0.29, 0.717) is 11.7 Å². The molecule has 0 spiro atoms. The minimum atomic E-state index is 0.224. The third-order valence-electron chi connectivity index (χ3n) is 3.09. The molecular weight excluding hydrogens is 236 g/mol. The van der Waals surface area contributed by atoms with Crippen molar-refractivity contribution in [1.29, 1.82) is 0 Å². The standard InChI is InChI=1S/C16H22N2O/c1-11(2)10-14-16(19)15(18(17-14)12(3)4)13-8-6-5-7-9-13/h5-9,11-12,19H,10H2,1-4H3. The first-order valence-corrected chi connectivity index (χ1v) is 6.86. The van der Waals surface area contributed by atoms with Crippen molar-refractivity contribution in [2.75, 3.05) is 0 Å². The molecule has 2 rings (SSSR count). The molecule has 1 aromatic heterocycles. The number of nitrogens with zero attached hydrogens (tertiary/aromatic N) is 2. The molecule has 0 bridgehead atoms. The minimum absolute atomic E-state index is 0.224. The van der Waals surface area contributed by atoms with E-state index in [9.17, 15) is 5.11 Å². The molecule has 1 heterocycles. The summed E-state index contributed by atoms with van der Waals surface area (Å²) in [6.07, 6.45) is 0.797. The van der Waals surface area contributed by atoms with Crippen LogP contribution in [0.3, 0.4) is 0 Å². The van der Waals surface area contributed by atoms with Gasteiger partial charge in [-0.2, -0.15) is 5.10 Å². The second-order valence-electron chi connectivity index (χ2n) is 5.65. The number of hydrogen-bond acceptors (Lipinski definition) is 2. The van der Waals surface area contributed by atoms with E-state index in [4.69, 9.17) is 0 Å². The lowest BCUT2D eigenvalue weighted by atomic mass is 10.1. The normalized spacial score (nSPS) is 11.5. The Balaban J connectivity index is 2.55. The zero-order valence-corrected chi connectivity index (χ0v) is 12.1. The van der Waals surface area contributed by atoms with Crippen molar-refractivity contribution in [2.45, 2.75) is 40.2 Å². The van der Waals surface area contributed by atoms with Crippen LogP contribution in [0.4, 0.5) is 0 Å². The van der Waals surface area contributed by atoms with Crippen molar-refractivity contribution >= 4 is 0 Å². The third kappa shape index (κ3) is 2.80. The van der Waals surface area contributed by atoms with Crippen LogP contribution in [0.1, 0.15) is 39.4 Å². The fourth-order valence-corrected chi connectivity index (χ4v) is 2.24. The highest BCUT2D eigenvalue weighted by Crippen LogP contribution is 2.35. The summed E-state index contributed by atoms with van der Waals surface area (Å²) in [5.74, 6) is 0.804. The van der Waals surface area contributed by atoms with E-state index in [2.05, 4.69) is 32.8 Å². The lowest BCUT2D eigenvalue weighted by Crippen LogP contribution is -2.05. The third-order valence-corrected chi connectivity index (χ3v) is 3.09. The summed E-state index contributed by atoms with van der Waals surface area (Å²) in [7, 11) is 0. The molecule has 0 amide bonds. The Morgan fingerprint density at radius 3 is 2.26 bits per heavy atom. The fraction of sp³-hybridized carbons (Fsp3) is 0.438. The first kappa shape index (κ1) is 13.7. The van der Waals surface area contributed by atoms with Gasteiger partial charge in [-0.15, -0.1) is 0 Å². The van der Waals surface area contributed by atoms with Crippen molar-refractivity contribution in [1.82, 2.24) is 9.78 Å². The molecule has 1 N–H and O–H groups in total. The van der Waals surface area contributed by atoms with Gasteiger partial charge in [0.2, 0.25) is 0 Å². The van der Waals surface area contributed by atoms with Gasteiger partial charge in [-0.3, -0.25) is 4.68 Å². The van der Waals surface area contributed by atoms with Gasteiger partial charge >= 0.3 is 0 Å². The van der Waals surface area contributed by atoms with Gasteiger partial charge in [-0.25, -0.2) is 0 Å². The highest BCUT2D eigenvalue weighted by Gasteiger charge is 2.20. The fourth-order valence-electron chi connectivity index (χ4n) is 2.24. The molecule has 0 aliphatic carbocycles. The summed E-state index contributed by atoms with van der Waals surface area (Å²) < 4.78 is 1.92. The number of benzene rings is 1. The zero-order chi connectivity index (χ0) is 14.0. The van der Waals surface area contributed by atoms with E-state index < -0.39 is 0 Å². The molecule has 0 radical (unpaired) electrons. The monoisotopic (exact) mass is 258 g/mol. The molecular formula is C16H22N2O. The van der Waals surface area contributed by atoms with Crippen LogP contribution in [-0.4, -0.2) is 14.9 Å². The molecule has 0 fully saturated rings. The van der Waals surface area contributed by atoms with Gasteiger partial charge in [0.05, 0.1) is 0 Å². The van der Waals surface area contributed by atoms with Crippen LogP contribution in [0.5, 0.6) is 5.75 Å². The Morgan fingerprint density at radius 1 is 1.11 bits per heavy atom. The van der Waals surface area contributed by atoms with E-state index in [1.54, 1.807) is 0 Å². The zero-order valence-electron chi connectivity index (χ0n) is 12.1. The van der Waals surface area contributed by atoms with Crippen LogP contribution < -0.4 is 0 Å². The molecule has 0 saturated heterocycles. The van der Waals surface area contributed by atoms with Gasteiger partial charge in [0.15, 0.2) is 5.75 Å². The van der Waals surface area contributed by atoms with Gasteiger partial charge in [0.1, 0.15) is 11.4 Å². The van der Waals surface area contributed by atoms with E-state index >= 15 is 0 Å². The largest absolute Gasteiger partial charge is 0.504 e. The smallest absolute Gasteiger partial charge is 0.164 e. The molecule has 3 nitrogen and oxygen atoms in total. The van der Waals surface area contributed by atoms with Gasteiger partial charge in [0, 0.05) is 11.6 Å². The van der Waals surface area contributed by atoms with Gasteiger partial charge < -0.3 is 5.11 Å². The summed E-state index contributed by atoms with van der Waals surface area (Å²) in [5, 5.41) is 15.1. The predicted molar refractivity (Wildman–Crippen MR) is 78.3 cm³/mol. The maximum atomic E-state index is 10.5. The first-order valence-electron chi connectivity index (χ1n) is 6.86. The summed E-state index contributed by atoms with van der Waals surface area (Å²) in [5.41, 5.74) is 2.63. The van der Waals surface area contributed by atoms with Gasteiger partial charge in [0.25, 0.3) is 0 Å². The van der Waals surface area contributed by atoms with Crippen LogP contribution in [-0.2, 0) is 6.42 Å². The number of aromatic hydroxyl groups is 1. The summed E-state index contributed by atoms with van der Waals surface area (Å²) in [6.45, 7) is 8.43. The second kappa shape index (κ2) is 5.47. The number of hydrogen-bond donors (Lipinski definition) is 1. The van der Waals surface area contributed by atoms with Crippen LogP contribution >= 0.6 is 0 Å². The van der Waals surface area contributed by atoms with Crippen molar-refractivity contribution < 1.29 is 5.11 Å². The van der Waals surface area contributed by atoms with E-state index in [0.717, 1.165) is 23.4 Å². The highest BCUT2D eigenvalue weighted by molar-refractivity contribution is 5.67. The second-order valence-corrected chi connectivity index (χ2v) is 5.65. The topological polar surface area (TPSA) is 38.0 Å². The molecule has 0 aliphatic rings. The molecule has 19 heavy (non-hydrogen) atoms. The van der Waals surface area contributed by atoms with E-state index in [1.165, 1.54) is 0 Å². The molecule has 0 unspecified atom stereocenters. The van der Waals surface area contributed by atoms with Crippen LogP contribution in [0.2, 0.25) is 0 Å². The Morgan fingerprint density at radius 2 is 1.74 bits per heavy atom. The van der Waals surface area contributed by atoms with Gasteiger partial charge in [-0.05, 0) is 26.2 Å². The highest BCUT2D eigenvalue weighted by atomic mass is 16.3. The Hall–Kier alpha value is -1.77. The average Bonchev–Trinajstić information content (AvgIpc) is 2.67. The summed E-state index contributed by atoms with van der Waals surface area (Å²) in [6, 6.07) is 10.2. The molecule has 2 aromatic rings. The van der Waals surface area contributed by atoms with Crippen LogP contribution in [0.15, 0.2) is 30.3 Å². The lowest BCUT2D eigenvalue weighted by molar-refractivity contribution is 0.463. The maximum Gasteiger partial charge on any atom is 0.164 e. The van der Waals surface area contributed by atoms with Crippen molar-refractivity contribution in [3.8, 4) is 17.0 Å². The van der Waals surface area contributed by atoms with Crippen LogP contribution in [0.25, 0.3) is 11.3 Å². The maximum absolute atomic E-state index is 10.5.